The van der Waals surface area contributed by atoms with Gasteiger partial charge in [0.15, 0.2) is 12.0 Å². The van der Waals surface area contributed by atoms with E-state index in [1.54, 1.807) is 25.3 Å². The highest BCUT2D eigenvalue weighted by Crippen LogP contribution is 2.45. The lowest BCUT2D eigenvalue weighted by Gasteiger charge is -2.11. The summed E-state index contributed by atoms with van der Waals surface area (Å²) in [4.78, 5) is 10.6. The zero-order valence-corrected chi connectivity index (χ0v) is 13.1. The van der Waals surface area contributed by atoms with E-state index >= 15 is 0 Å². The molecule has 94 valence electrons. The van der Waals surface area contributed by atoms with E-state index in [9.17, 15) is 4.79 Å². The van der Waals surface area contributed by atoms with Gasteiger partial charge in [-0.05, 0) is 50.1 Å². The summed E-state index contributed by atoms with van der Waals surface area (Å²) in [7, 11) is 1.56. The summed E-state index contributed by atoms with van der Waals surface area (Å²) in [5.41, 5.74) is 0.643. The molecule has 0 spiro atoms. The Morgan fingerprint density at radius 3 is 2.67 bits per heavy atom. The predicted octanol–water partition coefficient (Wildman–Crippen LogP) is 4.95. The van der Waals surface area contributed by atoms with Crippen molar-refractivity contribution < 1.29 is 13.9 Å². The average Bonchev–Trinajstić information content (AvgIpc) is 2.77. The summed E-state index contributed by atoms with van der Waals surface area (Å²) in [6.45, 7) is 0. The second kappa shape index (κ2) is 5.47. The standard InChI is InChI=1S/C12H7Br2ClO3/c1-17-12-7(13)4-8(15)10(11(12)14)9-3-2-6(5-16)18-9/h2-5H,1H3. The first kappa shape index (κ1) is 13.6. The Hall–Kier alpha value is -0.780. The summed E-state index contributed by atoms with van der Waals surface area (Å²) in [5, 5.41) is 0.487. The van der Waals surface area contributed by atoms with Gasteiger partial charge < -0.3 is 9.15 Å². The molecule has 0 aliphatic heterocycles. The fourth-order valence-electron chi connectivity index (χ4n) is 1.54. The Bertz CT molecular complexity index is 608. The fraction of sp³-hybridized carbons (Fsp3) is 0.0833. The number of carbonyl (C=O) groups excluding carboxylic acids is 1. The largest absolute Gasteiger partial charge is 0.494 e. The monoisotopic (exact) mass is 392 g/mol. The molecule has 0 radical (unpaired) electrons. The number of hydrogen-bond donors (Lipinski definition) is 0. The molecule has 0 N–H and O–H groups in total. The van der Waals surface area contributed by atoms with Gasteiger partial charge in [-0.1, -0.05) is 11.6 Å². The van der Waals surface area contributed by atoms with Crippen LogP contribution in [-0.4, -0.2) is 13.4 Å². The molecule has 0 saturated heterocycles. The van der Waals surface area contributed by atoms with Crippen LogP contribution in [0.1, 0.15) is 10.6 Å². The van der Waals surface area contributed by atoms with Crippen LogP contribution in [0.5, 0.6) is 5.75 Å². The third kappa shape index (κ3) is 2.35. The van der Waals surface area contributed by atoms with E-state index in [-0.39, 0.29) is 5.76 Å². The molecule has 0 saturated carbocycles. The summed E-state index contributed by atoms with van der Waals surface area (Å²) >= 11 is 13.0. The Labute approximate surface area is 125 Å². The first-order chi connectivity index (χ1) is 8.58. The first-order valence-electron chi connectivity index (χ1n) is 4.85. The van der Waals surface area contributed by atoms with E-state index in [0.29, 0.717) is 32.9 Å². The Morgan fingerprint density at radius 1 is 1.39 bits per heavy atom. The minimum atomic E-state index is 0.245. The number of hydrogen-bond acceptors (Lipinski definition) is 3. The quantitative estimate of drug-likeness (QED) is 0.692. The van der Waals surface area contributed by atoms with Crippen molar-refractivity contribution in [1.82, 2.24) is 0 Å². The molecule has 2 aromatic rings. The van der Waals surface area contributed by atoms with Gasteiger partial charge in [-0.2, -0.15) is 0 Å². The van der Waals surface area contributed by atoms with Crippen LogP contribution < -0.4 is 4.74 Å². The lowest BCUT2D eigenvalue weighted by molar-refractivity contribution is 0.110. The van der Waals surface area contributed by atoms with Crippen LogP contribution in [0.2, 0.25) is 5.02 Å². The van der Waals surface area contributed by atoms with Crippen LogP contribution in [0.3, 0.4) is 0 Å². The van der Waals surface area contributed by atoms with Crippen molar-refractivity contribution in [3.8, 4) is 17.1 Å². The van der Waals surface area contributed by atoms with Crippen molar-refractivity contribution in [3.05, 3.63) is 37.9 Å². The highest BCUT2D eigenvalue weighted by molar-refractivity contribution is 9.11. The predicted molar refractivity (Wildman–Crippen MR) is 76.5 cm³/mol. The molecule has 0 aliphatic carbocycles. The molecule has 0 unspecified atom stereocenters. The fourth-order valence-corrected chi connectivity index (χ4v) is 3.72. The summed E-state index contributed by atoms with van der Waals surface area (Å²) < 4.78 is 12.0. The van der Waals surface area contributed by atoms with E-state index < -0.39 is 0 Å². The van der Waals surface area contributed by atoms with Gasteiger partial charge in [0.25, 0.3) is 0 Å². The number of ether oxygens (including phenoxy) is 1. The molecule has 1 aromatic heterocycles. The highest BCUT2D eigenvalue weighted by Gasteiger charge is 2.19. The minimum Gasteiger partial charge on any atom is -0.494 e. The smallest absolute Gasteiger partial charge is 0.185 e. The van der Waals surface area contributed by atoms with Gasteiger partial charge in [0.2, 0.25) is 0 Å². The molecular weight excluding hydrogens is 387 g/mol. The van der Waals surface area contributed by atoms with Gasteiger partial charge in [-0.25, -0.2) is 0 Å². The van der Waals surface area contributed by atoms with Crippen LogP contribution in [0.15, 0.2) is 31.6 Å². The first-order valence-corrected chi connectivity index (χ1v) is 6.81. The van der Waals surface area contributed by atoms with Gasteiger partial charge in [-0.3, -0.25) is 4.79 Å². The lowest BCUT2D eigenvalue weighted by Crippen LogP contribution is -1.90. The highest BCUT2D eigenvalue weighted by atomic mass is 79.9. The maximum atomic E-state index is 10.6. The Morgan fingerprint density at radius 2 is 2.11 bits per heavy atom. The minimum absolute atomic E-state index is 0.245. The SMILES string of the molecule is COc1c(Br)cc(Cl)c(-c2ccc(C=O)o2)c1Br. The number of aldehydes is 1. The van der Waals surface area contributed by atoms with Crippen molar-refractivity contribution in [3.63, 3.8) is 0 Å². The molecule has 0 bridgehead atoms. The Balaban J connectivity index is 2.66. The number of benzene rings is 1. The molecule has 1 heterocycles. The van der Waals surface area contributed by atoms with E-state index in [1.807, 2.05) is 0 Å². The van der Waals surface area contributed by atoms with Crippen molar-refractivity contribution >= 4 is 49.7 Å². The summed E-state index contributed by atoms with van der Waals surface area (Å²) in [6.07, 6.45) is 0.640. The van der Waals surface area contributed by atoms with Crippen LogP contribution >= 0.6 is 43.5 Å². The molecule has 2 rings (SSSR count). The van der Waals surface area contributed by atoms with Crippen LogP contribution in [-0.2, 0) is 0 Å². The van der Waals surface area contributed by atoms with Crippen molar-refractivity contribution in [2.75, 3.05) is 7.11 Å². The zero-order chi connectivity index (χ0) is 13.3. The molecule has 0 atom stereocenters. The molecule has 0 fully saturated rings. The number of methoxy groups -OCH3 is 1. The van der Waals surface area contributed by atoms with E-state index in [2.05, 4.69) is 31.9 Å². The maximum absolute atomic E-state index is 10.6. The topological polar surface area (TPSA) is 39.4 Å². The van der Waals surface area contributed by atoms with Gasteiger partial charge in [0.1, 0.15) is 11.5 Å². The lowest BCUT2D eigenvalue weighted by atomic mass is 10.1. The zero-order valence-electron chi connectivity index (χ0n) is 9.17. The van der Waals surface area contributed by atoms with Crippen LogP contribution in [0, 0.1) is 0 Å². The van der Waals surface area contributed by atoms with Gasteiger partial charge >= 0.3 is 0 Å². The molecular formula is C12H7Br2ClO3. The second-order valence-electron chi connectivity index (χ2n) is 3.38. The van der Waals surface area contributed by atoms with Gasteiger partial charge in [0.05, 0.1) is 26.6 Å². The second-order valence-corrected chi connectivity index (χ2v) is 5.44. The average molecular weight is 394 g/mol. The van der Waals surface area contributed by atoms with Gasteiger partial charge in [-0.15, -0.1) is 0 Å². The number of carbonyl (C=O) groups is 1. The number of rotatable bonds is 3. The van der Waals surface area contributed by atoms with E-state index in [1.165, 1.54) is 0 Å². The molecule has 0 aliphatic rings. The normalized spacial score (nSPS) is 10.4. The molecule has 3 nitrogen and oxygen atoms in total. The van der Waals surface area contributed by atoms with Crippen molar-refractivity contribution in [2.45, 2.75) is 0 Å². The summed E-state index contributed by atoms with van der Waals surface area (Å²) in [6, 6.07) is 4.98. The third-order valence-electron chi connectivity index (χ3n) is 2.32. The third-order valence-corrected chi connectivity index (χ3v) is 3.97. The molecule has 1 aromatic carbocycles. The Kier molecular flexibility index (Phi) is 4.14. The molecule has 18 heavy (non-hydrogen) atoms. The van der Waals surface area contributed by atoms with Gasteiger partial charge in [0, 0.05) is 0 Å². The maximum Gasteiger partial charge on any atom is 0.185 e. The van der Waals surface area contributed by atoms with Crippen molar-refractivity contribution in [2.24, 2.45) is 0 Å². The number of halogens is 3. The number of furan rings is 1. The van der Waals surface area contributed by atoms with Crippen LogP contribution in [0.25, 0.3) is 11.3 Å². The molecule has 6 heteroatoms. The molecule has 0 amide bonds. The van der Waals surface area contributed by atoms with E-state index in [4.69, 9.17) is 20.8 Å². The van der Waals surface area contributed by atoms with Crippen molar-refractivity contribution in [1.29, 1.82) is 0 Å². The van der Waals surface area contributed by atoms with E-state index in [0.717, 1.165) is 4.47 Å². The van der Waals surface area contributed by atoms with Crippen LogP contribution in [0.4, 0.5) is 0 Å². The summed E-state index contributed by atoms with van der Waals surface area (Å²) in [5.74, 6) is 1.35.